The number of fused-ring (bicyclic) bond motifs is 3. The molecule has 158 valence electrons. The number of hydrogen-bond donors (Lipinski definition) is 2. The van der Waals surface area contributed by atoms with E-state index in [0.717, 1.165) is 64.7 Å². The number of nitrogens with one attached hydrogen (secondary N) is 1. The maximum atomic E-state index is 11.8. The standard InChI is InChI=1S/C25H25ClN4O/c1-29-7-9-30(10-8-29)20-5-6-21-22-13-17(16-3-2-4-19(26)12-16)11-18(14-24(27)31)25(22)28-23(21)15-20/h2-6,11-13,15,28H,7-10,14H2,1H3,(H2,27,31). The lowest BCUT2D eigenvalue weighted by molar-refractivity contribution is -0.117. The molecule has 4 aromatic rings. The molecular formula is C25H25ClN4O. The van der Waals surface area contributed by atoms with Gasteiger partial charge in [-0.1, -0.05) is 29.8 Å². The molecule has 1 fully saturated rings. The van der Waals surface area contributed by atoms with Crippen molar-refractivity contribution in [2.75, 3.05) is 38.1 Å². The Balaban J connectivity index is 1.65. The molecule has 31 heavy (non-hydrogen) atoms. The van der Waals surface area contributed by atoms with Gasteiger partial charge < -0.3 is 20.5 Å². The van der Waals surface area contributed by atoms with Crippen molar-refractivity contribution in [3.63, 3.8) is 0 Å². The molecule has 3 aromatic carbocycles. The summed E-state index contributed by atoms with van der Waals surface area (Å²) >= 11 is 6.22. The fourth-order valence-electron chi connectivity index (χ4n) is 4.49. The molecule has 5 nitrogen and oxygen atoms in total. The van der Waals surface area contributed by atoms with Crippen molar-refractivity contribution < 1.29 is 4.79 Å². The fraction of sp³-hybridized carbons (Fsp3) is 0.240. The quantitative estimate of drug-likeness (QED) is 0.501. The Hall–Kier alpha value is -3.02. The van der Waals surface area contributed by atoms with Crippen molar-refractivity contribution in [1.29, 1.82) is 0 Å². The third-order valence-corrected chi connectivity index (χ3v) is 6.40. The van der Waals surface area contributed by atoms with Crippen LogP contribution in [0.5, 0.6) is 0 Å². The van der Waals surface area contributed by atoms with Crippen molar-refractivity contribution in [3.05, 3.63) is 65.2 Å². The van der Waals surface area contributed by atoms with Crippen LogP contribution < -0.4 is 10.6 Å². The number of aromatic nitrogens is 1. The predicted octanol–water partition coefficient (Wildman–Crippen LogP) is 4.42. The van der Waals surface area contributed by atoms with Gasteiger partial charge in [0.25, 0.3) is 0 Å². The lowest BCUT2D eigenvalue weighted by atomic mass is 9.97. The zero-order chi connectivity index (χ0) is 21.5. The van der Waals surface area contributed by atoms with E-state index in [1.54, 1.807) is 0 Å². The lowest BCUT2D eigenvalue weighted by Gasteiger charge is -2.34. The SMILES string of the molecule is CN1CCN(c2ccc3c(c2)[nH]c2c(CC(N)=O)cc(-c4cccc(Cl)c4)cc23)CC1. The maximum absolute atomic E-state index is 11.8. The summed E-state index contributed by atoms with van der Waals surface area (Å²) in [7, 11) is 2.16. The Morgan fingerprint density at radius 3 is 2.55 bits per heavy atom. The Kier molecular flexibility index (Phi) is 5.08. The third kappa shape index (κ3) is 3.87. The molecule has 0 radical (unpaired) electrons. The molecule has 2 heterocycles. The summed E-state index contributed by atoms with van der Waals surface area (Å²) < 4.78 is 0. The van der Waals surface area contributed by atoms with Crippen molar-refractivity contribution in [2.24, 2.45) is 5.73 Å². The normalized spacial score (nSPS) is 15.1. The number of aromatic amines is 1. The number of piperazine rings is 1. The van der Waals surface area contributed by atoms with Crippen LogP contribution in [-0.4, -0.2) is 49.0 Å². The zero-order valence-electron chi connectivity index (χ0n) is 17.5. The van der Waals surface area contributed by atoms with E-state index in [1.165, 1.54) is 5.69 Å². The predicted molar refractivity (Wildman–Crippen MR) is 129 cm³/mol. The van der Waals surface area contributed by atoms with E-state index in [2.05, 4.69) is 46.1 Å². The van der Waals surface area contributed by atoms with Crippen LogP contribution in [0.4, 0.5) is 5.69 Å². The second kappa shape index (κ2) is 7.91. The highest BCUT2D eigenvalue weighted by Gasteiger charge is 2.17. The van der Waals surface area contributed by atoms with Crippen molar-refractivity contribution in [3.8, 4) is 11.1 Å². The average Bonchev–Trinajstić information content (AvgIpc) is 3.12. The first-order chi connectivity index (χ1) is 15.0. The number of H-pyrrole nitrogens is 1. The molecule has 1 aromatic heterocycles. The van der Waals surface area contributed by atoms with E-state index in [0.29, 0.717) is 5.02 Å². The third-order valence-electron chi connectivity index (χ3n) is 6.16. The molecular weight excluding hydrogens is 408 g/mol. The Bertz CT molecular complexity index is 1290. The molecule has 0 unspecified atom stereocenters. The molecule has 0 aliphatic carbocycles. The van der Waals surface area contributed by atoms with Gasteiger partial charge in [-0.3, -0.25) is 4.79 Å². The van der Waals surface area contributed by atoms with Crippen LogP contribution in [-0.2, 0) is 11.2 Å². The number of benzene rings is 3. The minimum atomic E-state index is -0.346. The van der Waals surface area contributed by atoms with Gasteiger partial charge in [0.1, 0.15) is 0 Å². The second-order valence-electron chi connectivity index (χ2n) is 8.36. The first-order valence-electron chi connectivity index (χ1n) is 10.5. The molecule has 1 amide bonds. The van der Waals surface area contributed by atoms with Crippen molar-refractivity contribution >= 4 is 45.0 Å². The van der Waals surface area contributed by atoms with Crippen LogP contribution in [0.15, 0.2) is 54.6 Å². The van der Waals surface area contributed by atoms with Crippen LogP contribution in [0.3, 0.4) is 0 Å². The Morgan fingerprint density at radius 2 is 1.81 bits per heavy atom. The molecule has 3 N–H and O–H groups in total. The maximum Gasteiger partial charge on any atom is 0.221 e. The van der Waals surface area contributed by atoms with Crippen LogP contribution >= 0.6 is 11.6 Å². The number of rotatable bonds is 4. The molecule has 5 rings (SSSR count). The summed E-state index contributed by atoms with van der Waals surface area (Å²) in [6.07, 6.45) is 0.184. The number of nitrogens with zero attached hydrogens (tertiary/aromatic N) is 2. The molecule has 0 saturated carbocycles. The number of carbonyl (C=O) groups is 1. The number of likely N-dealkylation sites (N-methyl/N-ethyl adjacent to an activating group) is 1. The molecule has 0 spiro atoms. The molecule has 1 saturated heterocycles. The van der Waals surface area contributed by atoms with Gasteiger partial charge in [0.15, 0.2) is 0 Å². The van der Waals surface area contributed by atoms with Gasteiger partial charge in [-0.15, -0.1) is 0 Å². The van der Waals surface area contributed by atoms with E-state index in [9.17, 15) is 4.79 Å². The number of carbonyl (C=O) groups excluding carboxylic acids is 1. The highest BCUT2D eigenvalue weighted by atomic mass is 35.5. The molecule has 1 aliphatic rings. The average molecular weight is 433 g/mol. The lowest BCUT2D eigenvalue weighted by Crippen LogP contribution is -2.44. The summed E-state index contributed by atoms with van der Waals surface area (Å²) in [6.45, 7) is 4.18. The van der Waals surface area contributed by atoms with E-state index >= 15 is 0 Å². The summed E-state index contributed by atoms with van der Waals surface area (Å²) in [4.78, 5) is 20.1. The molecule has 6 heteroatoms. The van der Waals surface area contributed by atoms with Gasteiger partial charge in [-0.05, 0) is 60.1 Å². The highest BCUT2D eigenvalue weighted by molar-refractivity contribution is 6.30. The van der Waals surface area contributed by atoms with Gasteiger partial charge in [-0.2, -0.15) is 0 Å². The van der Waals surface area contributed by atoms with Crippen LogP contribution in [0, 0.1) is 0 Å². The number of amides is 1. The van der Waals surface area contributed by atoms with Gasteiger partial charge in [0.2, 0.25) is 5.91 Å². The molecule has 0 atom stereocenters. The highest BCUT2D eigenvalue weighted by Crippen LogP contribution is 2.35. The Labute approximate surface area is 186 Å². The number of anilines is 1. The number of hydrogen-bond acceptors (Lipinski definition) is 3. The fourth-order valence-corrected chi connectivity index (χ4v) is 4.68. The molecule has 1 aliphatic heterocycles. The first kappa shape index (κ1) is 19.9. The van der Waals surface area contributed by atoms with Crippen LogP contribution in [0.2, 0.25) is 5.02 Å². The van der Waals surface area contributed by atoms with E-state index in [-0.39, 0.29) is 12.3 Å². The van der Waals surface area contributed by atoms with Gasteiger partial charge >= 0.3 is 0 Å². The minimum absolute atomic E-state index is 0.184. The van der Waals surface area contributed by atoms with Crippen LogP contribution in [0.25, 0.3) is 32.9 Å². The van der Waals surface area contributed by atoms with E-state index < -0.39 is 0 Å². The topological polar surface area (TPSA) is 65.4 Å². The number of halogens is 1. The largest absolute Gasteiger partial charge is 0.369 e. The first-order valence-corrected chi connectivity index (χ1v) is 10.9. The van der Waals surface area contributed by atoms with Crippen molar-refractivity contribution in [2.45, 2.75) is 6.42 Å². The summed E-state index contributed by atoms with van der Waals surface area (Å²) in [6, 6.07) is 18.6. The Morgan fingerprint density at radius 1 is 1.00 bits per heavy atom. The van der Waals surface area contributed by atoms with E-state index in [1.807, 2.05) is 30.3 Å². The van der Waals surface area contributed by atoms with Gasteiger partial charge in [0, 0.05) is 53.2 Å². The van der Waals surface area contributed by atoms with Crippen molar-refractivity contribution in [1.82, 2.24) is 9.88 Å². The molecule has 0 bridgehead atoms. The minimum Gasteiger partial charge on any atom is -0.369 e. The summed E-state index contributed by atoms with van der Waals surface area (Å²) in [5, 5.41) is 2.92. The zero-order valence-corrected chi connectivity index (χ0v) is 18.2. The second-order valence-corrected chi connectivity index (χ2v) is 8.79. The van der Waals surface area contributed by atoms with Gasteiger partial charge in [0.05, 0.1) is 11.9 Å². The number of primary amides is 1. The number of nitrogens with two attached hydrogens (primary N) is 1. The van der Waals surface area contributed by atoms with Crippen LogP contribution in [0.1, 0.15) is 5.56 Å². The summed E-state index contributed by atoms with van der Waals surface area (Å²) in [5.74, 6) is -0.346. The summed E-state index contributed by atoms with van der Waals surface area (Å²) in [5.41, 5.74) is 11.8. The van der Waals surface area contributed by atoms with Gasteiger partial charge in [-0.25, -0.2) is 0 Å². The smallest absolute Gasteiger partial charge is 0.221 e. The monoisotopic (exact) mass is 432 g/mol. The van der Waals surface area contributed by atoms with E-state index in [4.69, 9.17) is 17.3 Å².